The maximum absolute atomic E-state index is 12.0. The van der Waals surface area contributed by atoms with Gasteiger partial charge in [-0.25, -0.2) is 0 Å². The molecule has 2 aromatic rings. The van der Waals surface area contributed by atoms with Crippen molar-refractivity contribution in [2.75, 3.05) is 10.6 Å². The molecule has 7 heteroatoms. The van der Waals surface area contributed by atoms with Gasteiger partial charge in [-0.3, -0.25) is 14.4 Å². The summed E-state index contributed by atoms with van der Waals surface area (Å²) >= 11 is 3.35. The quantitative estimate of drug-likeness (QED) is 0.717. The molecule has 0 aliphatic heterocycles. The van der Waals surface area contributed by atoms with Gasteiger partial charge in [0.15, 0.2) is 0 Å². The van der Waals surface area contributed by atoms with E-state index in [4.69, 9.17) is 5.73 Å². The third kappa shape index (κ3) is 4.17. The van der Waals surface area contributed by atoms with Crippen LogP contribution < -0.4 is 16.4 Å². The van der Waals surface area contributed by atoms with Gasteiger partial charge in [-0.1, -0.05) is 28.1 Å². The number of nitrogens with two attached hydrogens (primary N) is 1. The molecule has 0 heterocycles. The molecule has 2 aromatic carbocycles. The number of nitrogens with one attached hydrogen (secondary N) is 2. The third-order valence-electron chi connectivity index (χ3n) is 3.06. The van der Waals surface area contributed by atoms with Gasteiger partial charge >= 0.3 is 11.8 Å². The van der Waals surface area contributed by atoms with Crippen LogP contribution >= 0.6 is 15.9 Å². The van der Waals surface area contributed by atoms with Crippen LogP contribution in [-0.2, 0) is 9.59 Å². The Hall–Kier alpha value is -2.67. The molecule has 23 heavy (non-hydrogen) atoms. The summed E-state index contributed by atoms with van der Waals surface area (Å²) in [6, 6.07) is 11.4. The average Bonchev–Trinajstić information content (AvgIpc) is 2.51. The Bertz CT molecular complexity index is 790. The molecule has 4 N–H and O–H groups in total. The number of amides is 3. The van der Waals surface area contributed by atoms with Crippen LogP contribution in [0.15, 0.2) is 46.9 Å². The van der Waals surface area contributed by atoms with Gasteiger partial charge in [0.05, 0.1) is 11.3 Å². The predicted octanol–water partition coefficient (Wildman–Crippen LogP) is 2.43. The van der Waals surface area contributed by atoms with Crippen molar-refractivity contribution in [3.8, 4) is 0 Å². The number of aryl methyl sites for hydroxylation is 1. The summed E-state index contributed by atoms with van der Waals surface area (Å²) in [5.74, 6) is -2.42. The molecule has 6 nitrogen and oxygen atoms in total. The summed E-state index contributed by atoms with van der Waals surface area (Å²) in [5.41, 5.74) is 6.96. The van der Waals surface area contributed by atoms with Gasteiger partial charge in [-0.15, -0.1) is 0 Å². The highest BCUT2D eigenvalue weighted by atomic mass is 79.9. The minimum Gasteiger partial charge on any atom is -0.366 e. The van der Waals surface area contributed by atoms with Crippen molar-refractivity contribution >= 4 is 45.0 Å². The van der Waals surface area contributed by atoms with Gasteiger partial charge in [-0.05, 0) is 42.8 Å². The fourth-order valence-electron chi connectivity index (χ4n) is 1.90. The van der Waals surface area contributed by atoms with Gasteiger partial charge < -0.3 is 16.4 Å². The first-order valence-electron chi connectivity index (χ1n) is 6.66. The van der Waals surface area contributed by atoms with E-state index in [1.165, 1.54) is 12.1 Å². The first-order chi connectivity index (χ1) is 10.9. The Labute approximate surface area is 141 Å². The van der Waals surface area contributed by atoms with Crippen LogP contribution in [0.5, 0.6) is 0 Å². The van der Waals surface area contributed by atoms with Crippen LogP contribution in [0.4, 0.5) is 11.4 Å². The smallest absolute Gasteiger partial charge is 0.314 e. The van der Waals surface area contributed by atoms with E-state index in [2.05, 4.69) is 26.6 Å². The second-order valence-electron chi connectivity index (χ2n) is 4.78. The van der Waals surface area contributed by atoms with Crippen molar-refractivity contribution < 1.29 is 14.4 Å². The fourth-order valence-corrected chi connectivity index (χ4v) is 2.14. The number of anilines is 2. The van der Waals surface area contributed by atoms with E-state index in [1.54, 1.807) is 30.3 Å². The zero-order valence-corrected chi connectivity index (χ0v) is 13.8. The number of para-hydroxylation sites is 1. The van der Waals surface area contributed by atoms with Crippen molar-refractivity contribution in [2.24, 2.45) is 5.73 Å². The highest BCUT2D eigenvalue weighted by Crippen LogP contribution is 2.20. The zero-order valence-electron chi connectivity index (χ0n) is 12.2. The Balaban J connectivity index is 2.10. The van der Waals surface area contributed by atoms with Crippen LogP contribution in [0.2, 0.25) is 0 Å². The number of halogens is 1. The summed E-state index contributed by atoms with van der Waals surface area (Å²) in [4.78, 5) is 35.2. The lowest BCUT2D eigenvalue weighted by atomic mass is 10.1. The molecule has 0 radical (unpaired) electrons. The second kappa shape index (κ2) is 7.06. The molecule has 0 unspecified atom stereocenters. The summed E-state index contributed by atoms with van der Waals surface area (Å²) in [7, 11) is 0. The molecule has 0 saturated carbocycles. The first kappa shape index (κ1) is 16.7. The molecule has 0 aliphatic rings. The minimum atomic E-state index is -0.890. The van der Waals surface area contributed by atoms with E-state index >= 15 is 0 Å². The first-order valence-corrected chi connectivity index (χ1v) is 7.45. The van der Waals surface area contributed by atoms with Crippen molar-refractivity contribution in [1.82, 2.24) is 0 Å². The normalized spacial score (nSPS) is 10.0. The van der Waals surface area contributed by atoms with E-state index < -0.39 is 17.7 Å². The monoisotopic (exact) mass is 375 g/mol. The molecule has 0 saturated heterocycles. The maximum atomic E-state index is 12.0. The molecule has 0 fully saturated rings. The van der Waals surface area contributed by atoms with Crippen LogP contribution in [0.1, 0.15) is 15.9 Å². The Kier molecular flexibility index (Phi) is 5.13. The number of carbonyl (C=O) groups is 3. The van der Waals surface area contributed by atoms with Crippen molar-refractivity contribution in [2.45, 2.75) is 6.92 Å². The number of carbonyl (C=O) groups excluding carboxylic acids is 3. The lowest BCUT2D eigenvalue weighted by Crippen LogP contribution is -2.30. The van der Waals surface area contributed by atoms with Crippen LogP contribution in [0.3, 0.4) is 0 Å². The number of hydrogen-bond donors (Lipinski definition) is 3. The summed E-state index contributed by atoms with van der Waals surface area (Å²) < 4.78 is 0.898. The number of primary amides is 1. The summed E-state index contributed by atoms with van der Waals surface area (Å²) in [6.45, 7) is 1.86. The molecule has 0 bridgehead atoms. The molecular formula is C16H14BrN3O3. The zero-order chi connectivity index (χ0) is 17.0. The molecule has 0 aliphatic carbocycles. The standard InChI is InChI=1S/C16H14BrN3O3/c1-9-8-10(6-7-12(9)17)19-15(22)16(23)20-13-5-3-2-4-11(13)14(18)21/h2-8H,1H3,(H2,18,21)(H,19,22)(H,20,23). The molecule has 0 aromatic heterocycles. The Morgan fingerprint density at radius 3 is 2.30 bits per heavy atom. The predicted molar refractivity (Wildman–Crippen MR) is 91.1 cm³/mol. The van der Waals surface area contributed by atoms with Crippen molar-refractivity contribution in [3.63, 3.8) is 0 Å². The largest absolute Gasteiger partial charge is 0.366 e. The van der Waals surface area contributed by atoms with Gasteiger partial charge in [0.2, 0.25) is 0 Å². The lowest BCUT2D eigenvalue weighted by molar-refractivity contribution is -0.133. The Morgan fingerprint density at radius 1 is 1.00 bits per heavy atom. The molecule has 0 atom stereocenters. The second-order valence-corrected chi connectivity index (χ2v) is 5.64. The highest BCUT2D eigenvalue weighted by Gasteiger charge is 2.17. The van der Waals surface area contributed by atoms with Gasteiger partial charge in [0, 0.05) is 10.2 Å². The van der Waals surface area contributed by atoms with Crippen molar-refractivity contribution in [1.29, 1.82) is 0 Å². The topological polar surface area (TPSA) is 101 Å². The van der Waals surface area contributed by atoms with E-state index in [-0.39, 0.29) is 11.3 Å². The number of benzene rings is 2. The number of hydrogen-bond acceptors (Lipinski definition) is 3. The summed E-state index contributed by atoms with van der Waals surface area (Å²) in [6.07, 6.45) is 0. The van der Waals surface area contributed by atoms with E-state index in [9.17, 15) is 14.4 Å². The minimum absolute atomic E-state index is 0.133. The molecular weight excluding hydrogens is 362 g/mol. The molecule has 118 valence electrons. The van der Waals surface area contributed by atoms with Gasteiger partial charge in [-0.2, -0.15) is 0 Å². The third-order valence-corrected chi connectivity index (χ3v) is 3.95. The lowest BCUT2D eigenvalue weighted by Gasteiger charge is -2.09. The van der Waals surface area contributed by atoms with Crippen molar-refractivity contribution in [3.05, 3.63) is 58.1 Å². The average molecular weight is 376 g/mol. The van der Waals surface area contributed by atoms with Crippen LogP contribution in [0, 0.1) is 6.92 Å². The van der Waals surface area contributed by atoms with Gasteiger partial charge in [0.25, 0.3) is 5.91 Å². The Morgan fingerprint density at radius 2 is 1.65 bits per heavy atom. The SMILES string of the molecule is Cc1cc(NC(=O)C(=O)Nc2ccccc2C(N)=O)ccc1Br. The fraction of sp³-hybridized carbons (Fsp3) is 0.0625. The van der Waals surface area contributed by atoms with E-state index in [0.29, 0.717) is 5.69 Å². The highest BCUT2D eigenvalue weighted by molar-refractivity contribution is 9.10. The maximum Gasteiger partial charge on any atom is 0.314 e. The van der Waals surface area contributed by atoms with Crippen LogP contribution in [0.25, 0.3) is 0 Å². The molecule has 0 spiro atoms. The van der Waals surface area contributed by atoms with E-state index in [0.717, 1.165) is 10.0 Å². The summed E-state index contributed by atoms with van der Waals surface area (Å²) in [5, 5.41) is 4.87. The molecule has 2 rings (SSSR count). The van der Waals surface area contributed by atoms with Crippen LogP contribution in [-0.4, -0.2) is 17.7 Å². The molecule has 3 amide bonds. The van der Waals surface area contributed by atoms with E-state index in [1.807, 2.05) is 6.92 Å². The van der Waals surface area contributed by atoms with Gasteiger partial charge in [0.1, 0.15) is 0 Å². The number of rotatable bonds is 3.